The van der Waals surface area contributed by atoms with E-state index >= 15 is 0 Å². The van der Waals surface area contributed by atoms with Gasteiger partial charge in [-0.1, -0.05) is 6.92 Å². The first kappa shape index (κ1) is 11.8. The molecule has 0 unspecified atom stereocenters. The third-order valence-electron chi connectivity index (χ3n) is 2.70. The van der Waals surface area contributed by atoms with Crippen LogP contribution in [0.2, 0.25) is 0 Å². The molecule has 0 aromatic carbocycles. The molecule has 15 heavy (non-hydrogen) atoms. The molecule has 0 saturated heterocycles. The molecule has 3 N–H and O–H groups in total. The number of hydrogen-bond donors (Lipinski definition) is 3. The number of aromatic amines is 1. The summed E-state index contributed by atoms with van der Waals surface area (Å²) in [6.07, 6.45) is 3.07. The fourth-order valence-corrected chi connectivity index (χ4v) is 1.39. The molecule has 0 aliphatic carbocycles. The number of carbonyl (C=O) groups is 1. The number of H-pyrrole nitrogens is 1. The van der Waals surface area contributed by atoms with E-state index in [-0.39, 0.29) is 18.1 Å². The van der Waals surface area contributed by atoms with Gasteiger partial charge in [0.2, 0.25) is 0 Å². The van der Waals surface area contributed by atoms with Crippen LogP contribution in [0.25, 0.3) is 0 Å². The van der Waals surface area contributed by atoms with E-state index in [1.807, 2.05) is 13.8 Å². The Morgan fingerprint density at radius 3 is 2.87 bits per heavy atom. The van der Waals surface area contributed by atoms with E-state index < -0.39 is 0 Å². The second-order valence-corrected chi connectivity index (χ2v) is 3.93. The number of carbonyl (C=O) groups excluding carboxylic acids is 1. The van der Waals surface area contributed by atoms with Crippen LogP contribution in [0.3, 0.4) is 0 Å². The maximum atomic E-state index is 11.7. The van der Waals surface area contributed by atoms with Gasteiger partial charge in [0, 0.05) is 18.3 Å². The van der Waals surface area contributed by atoms with Crippen molar-refractivity contribution >= 4 is 5.91 Å². The zero-order chi connectivity index (χ0) is 11.3. The molecule has 0 spiro atoms. The van der Waals surface area contributed by atoms with Gasteiger partial charge in [0.1, 0.15) is 5.69 Å². The molecule has 84 valence electrons. The molecule has 1 amide bonds. The molecule has 0 radical (unpaired) electrons. The average molecular weight is 210 g/mol. The van der Waals surface area contributed by atoms with E-state index in [0.29, 0.717) is 12.1 Å². The molecule has 0 bridgehead atoms. The van der Waals surface area contributed by atoms with E-state index in [9.17, 15) is 4.79 Å². The summed E-state index contributed by atoms with van der Waals surface area (Å²) in [7, 11) is 0. The predicted molar refractivity (Wildman–Crippen MR) is 58.7 cm³/mol. The molecular formula is C11H18N2O2. The van der Waals surface area contributed by atoms with Crippen molar-refractivity contribution in [3.8, 4) is 0 Å². The van der Waals surface area contributed by atoms with Gasteiger partial charge >= 0.3 is 0 Å². The highest BCUT2D eigenvalue weighted by Crippen LogP contribution is 2.14. The third-order valence-corrected chi connectivity index (χ3v) is 2.70. The van der Waals surface area contributed by atoms with Crippen molar-refractivity contribution in [1.29, 1.82) is 0 Å². The minimum Gasteiger partial charge on any atom is -0.396 e. The van der Waals surface area contributed by atoms with Crippen LogP contribution in [-0.2, 0) is 0 Å². The lowest BCUT2D eigenvalue weighted by molar-refractivity contribution is 0.0881. The van der Waals surface area contributed by atoms with Crippen LogP contribution in [0.5, 0.6) is 0 Å². The molecule has 4 nitrogen and oxygen atoms in total. The number of aliphatic hydroxyl groups is 1. The summed E-state index contributed by atoms with van der Waals surface area (Å²) in [4.78, 5) is 14.6. The van der Waals surface area contributed by atoms with Crippen molar-refractivity contribution in [2.75, 3.05) is 6.61 Å². The minimum atomic E-state index is -0.336. The SMILES string of the molecule is CC[C@](C)(CCO)NC(=O)c1ccc[nH]1. The normalized spacial score (nSPS) is 14.6. The topological polar surface area (TPSA) is 65.1 Å². The quantitative estimate of drug-likeness (QED) is 0.685. The Bertz CT molecular complexity index is 308. The van der Waals surface area contributed by atoms with Gasteiger partial charge in [0.25, 0.3) is 5.91 Å². The number of hydrogen-bond acceptors (Lipinski definition) is 2. The average Bonchev–Trinajstić information content (AvgIpc) is 2.71. The highest BCUT2D eigenvalue weighted by atomic mass is 16.3. The lowest BCUT2D eigenvalue weighted by Crippen LogP contribution is -2.46. The molecule has 1 heterocycles. The van der Waals surface area contributed by atoms with Gasteiger partial charge in [0.05, 0.1) is 0 Å². The fourth-order valence-electron chi connectivity index (χ4n) is 1.39. The summed E-state index contributed by atoms with van der Waals surface area (Å²) in [5, 5.41) is 11.8. The first-order valence-corrected chi connectivity index (χ1v) is 5.18. The van der Waals surface area contributed by atoms with Crippen LogP contribution in [0.1, 0.15) is 37.2 Å². The van der Waals surface area contributed by atoms with Crippen LogP contribution in [0.4, 0.5) is 0 Å². The third kappa shape index (κ3) is 3.09. The molecule has 4 heteroatoms. The van der Waals surface area contributed by atoms with E-state index in [2.05, 4.69) is 10.3 Å². The van der Waals surface area contributed by atoms with E-state index in [0.717, 1.165) is 6.42 Å². The first-order chi connectivity index (χ1) is 7.11. The molecule has 0 aliphatic rings. The molecule has 0 fully saturated rings. The molecular weight excluding hydrogens is 192 g/mol. The lowest BCUT2D eigenvalue weighted by Gasteiger charge is -2.28. The second-order valence-electron chi connectivity index (χ2n) is 3.93. The molecule has 1 rings (SSSR count). The van der Waals surface area contributed by atoms with Crippen molar-refractivity contribution < 1.29 is 9.90 Å². The van der Waals surface area contributed by atoms with Crippen molar-refractivity contribution in [2.45, 2.75) is 32.2 Å². The van der Waals surface area contributed by atoms with Crippen LogP contribution in [0, 0.1) is 0 Å². The molecule has 1 atom stereocenters. The van der Waals surface area contributed by atoms with Crippen molar-refractivity contribution in [3.05, 3.63) is 24.0 Å². The Balaban J connectivity index is 2.63. The number of aliphatic hydroxyl groups excluding tert-OH is 1. The lowest BCUT2D eigenvalue weighted by atomic mass is 9.95. The number of nitrogens with one attached hydrogen (secondary N) is 2. The van der Waals surface area contributed by atoms with E-state index in [1.54, 1.807) is 18.3 Å². The highest BCUT2D eigenvalue weighted by molar-refractivity contribution is 5.92. The molecule has 0 aliphatic heterocycles. The van der Waals surface area contributed by atoms with Crippen molar-refractivity contribution in [2.24, 2.45) is 0 Å². The Hall–Kier alpha value is -1.29. The van der Waals surface area contributed by atoms with E-state index in [4.69, 9.17) is 5.11 Å². The van der Waals surface area contributed by atoms with Crippen molar-refractivity contribution in [1.82, 2.24) is 10.3 Å². The maximum Gasteiger partial charge on any atom is 0.268 e. The Kier molecular flexibility index (Phi) is 3.91. The smallest absolute Gasteiger partial charge is 0.268 e. The van der Waals surface area contributed by atoms with Gasteiger partial charge in [-0.15, -0.1) is 0 Å². The zero-order valence-electron chi connectivity index (χ0n) is 9.21. The van der Waals surface area contributed by atoms with Crippen molar-refractivity contribution in [3.63, 3.8) is 0 Å². The monoisotopic (exact) mass is 210 g/mol. The summed E-state index contributed by atoms with van der Waals surface area (Å²) in [5.74, 6) is -0.127. The number of amides is 1. The second kappa shape index (κ2) is 4.98. The minimum absolute atomic E-state index is 0.0787. The van der Waals surface area contributed by atoms with Crippen LogP contribution < -0.4 is 5.32 Å². The predicted octanol–water partition coefficient (Wildman–Crippen LogP) is 1.30. The van der Waals surface area contributed by atoms with Gasteiger partial charge in [-0.2, -0.15) is 0 Å². The summed E-state index contributed by atoms with van der Waals surface area (Å²) < 4.78 is 0. The number of aromatic nitrogens is 1. The molecule has 0 saturated carbocycles. The van der Waals surface area contributed by atoms with Gasteiger partial charge in [-0.25, -0.2) is 0 Å². The highest BCUT2D eigenvalue weighted by Gasteiger charge is 2.24. The first-order valence-electron chi connectivity index (χ1n) is 5.18. The molecule has 1 aromatic heterocycles. The fraction of sp³-hybridized carbons (Fsp3) is 0.545. The standard InChI is InChI=1S/C11H18N2O2/c1-3-11(2,6-8-14)13-10(15)9-5-4-7-12-9/h4-5,7,12,14H,3,6,8H2,1-2H3,(H,13,15)/t11-/m1/s1. The largest absolute Gasteiger partial charge is 0.396 e. The van der Waals surface area contributed by atoms with Gasteiger partial charge in [0.15, 0.2) is 0 Å². The number of rotatable bonds is 5. The summed E-state index contributed by atoms with van der Waals surface area (Å²) in [6.45, 7) is 4.00. The Morgan fingerprint density at radius 2 is 2.40 bits per heavy atom. The summed E-state index contributed by atoms with van der Waals surface area (Å²) >= 11 is 0. The maximum absolute atomic E-state index is 11.7. The summed E-state index contributed by atoms with van der Waals surface area (Å²) in [6, 6.07) is 3.51. The van der Waals surface area contributed by atoms with Gasteiger partial charge < -0.3 is 15.4 Å². The Labute approximate surface area is 89.7 Å². The van der Waals surface area contributed by atoms with Crippen LogP contribution in [-0.4, -0.2) is 28.1 Å². The molecule has 1 aromatic rings. The van der Waals surface area contributed by atoms with Crippen LogP contribution >= 0.6 is 0 Å². The van der Waals surface area contributed by atoms with Gasteiger partial charge in [-0.05, 0) is 31.9 Å². The van der Waals surface area contributed by atoms with Gasteiger partial charge in [-0.3, -0.25) is 4.79 Å². The van der Waals surface area contributed by atoms with E-state index in [1.165, 1.54) is 0 Å². The Morgan fingerprint density at radius 1 is 1.67 bits per heavy atom. The summed E-state index contributed by atoms with van der Waals surface area (Å²) in [5.41, 5.74) is 0.212. The zero-order valence-corrected chi connectivity index (χ0v) is 9.21. The van der Waals surface area contributed by atoms with Crippen LogP contribution in [0.15, 0.2) is 18.3 Å².